The number of thioether (sulfide) groups is 2. The number of carboxylic acids is 1. The number of ether oxygens (including phenoxy) is 2. The average molecular weight is 603 g/mol. The van der Waals surface area contributed by atoms with Crippen molar-refractivity contribution in [2.75, 3.05) is 16.8 Å². The first-order valence-corrected chi connectivity index (χ1v) is 13.0. The van der Waals surface area contributed by atoms with Gasteiger partial charge in [-0.2, -0.15) is 31.3 Å². The van der Waals surface area contributed by atoms with Crippen LogP contribution in [0.25, 0.3) is 0 Å². The number of halogens is 6. The topological polar surface area (TPSA) is 97.8 Å². The molecule has 0 fully saturated rings. The second-order valence-electron chi connectivity index (χ2n) is 7.87. The van der Waals surface area contributed by atoms with Gasteiger partial charge < -0.3 is 19.9 Å². The average Bonchev–Trinajstić information content (AvgIpc) is 2.89. The number of nitrogens with one attached hydrogen (secondary N) is 1. The zero-order valence-corrected chi connectivity index (χ0v) is 21.4. The number of alkyl halides is 6. The van der Waals surface area contributed by atoms with Crippen molar-refractivity contribution < 1.29 is 50.5 Å². The molecule has 0 atom stereocenters. The Morgan fingerprint density at radius 1 is 0.800 bits per heavy atom. The lowest BCUT2D eigenvalue weighted by molar-refractivity contribution is -0.138. The first-order chi connectivity index (χ1) is 18.8. The van der Waals surface area contributed by atoms with Crippen LogP contribution >= 0.6 is 23.5 Å². The molecule has 2 N–H and O–H groups in total. The number of hydrogen-bond acceptors (Lipinski definition) is 7. The molecule has 1 aliphatic rings. The number of rotatable bonds is 7. The van der Waals surface area contributed by atoms with Crippen molar-refractivity contribution >= 4 is 41.1 Å². The number of anilines is 1. The normalized spacial score (nSPS) is 14.1. The van der Waals surface area contributed by atoms with Crippen LogP contribution in [-0.4, -0.2) is 33.5 Å². The SMILES string of the molecule is O=C(O)C1=C(C(=O)Nc2ccc(Oc3cccc(C(F)(F)F)c3)nc2Oc2cccc(C(F)(F)F)c2)SCCS1. The van der Waals surface area contributed by atoms with E-state index in [0.717, 1.165) is 53.9 Å². The maximum Gasteiger partial charge on any atom is 0.416 e. The third-order valence-electron chi connectivity index (χ3n) is 5.03. The summed E-state index contributed by atoms with van der Waals surface area (Å²) in [5, 5.41) is 11.9. The minimum Gasteiger partial charge on any atom is -0.477 e. The molecule has 1 amide bonds. The molecule has 0 saturated heterocycles. The van der Waals surface area contributed by atoms with Gasteiger partial charge in [-0.15, -0.1) is 23.5 Å². The van der Waals surface area contributed by atoms with Crippen LogP contribution in [0.15, 0.2) is 70.5 Å². The molecule has 0 radical (unpaired) electrons. The molecule has 1 aromatic heterocycles. The molecule has 0 saturated carbocycles. The molecule has 0 unspecified atom stereocenters. The number of amides is 1. The minimum absolute atomic E-state index is 0.0851. The number of aliphatic carboxylic acids is 1. The van der Waals surface area contributed by atoms with Crippen LogP contribution in [0.4, 0.5) is 32.0 Å². The Morgan fingerprint density at radius 2 is 1.35 bits per heavy atom. The number of hydrogen-bond donors (Lipinski definition) is 2. The molecule has 2 heterocycles. The van der Waals surface area contributed by atoms with Gasteiger partial charge in [0.2, 0.25) is 11.8 Å². The van der Waals surface area contributed by atoms with E-state index in [-0.39, 0.29) is 32.9 Å². The summed E-state index contributed by atoms with van der Waals surface area (Å²) < 4.78 is 89.8. The predicted octanol–water partition coefficient (Wildman–Crippen LogP) is 7.42. The Bertz CT molecular complexity index is 1480. The number of carbonyl (C=O) groups excluding carboxylic acids is 1. The van der Waals surface area contributed by atoms with Gasteiger partial charge in [-0.05, 0) is 42.5 Å². The number of carbonyl (C=O) groups is 2. The molecule has 0 aliphatic carbocycles. The molecule has 3 aromatic rings. The largest absolute Gasteiger partial charge is 0.477 e. The lowest BCUT2D eigenvalue weighted by Crippen LogP contribution is -2.19. The summed E-state index contributed by atoms with van der Waals surface area (Å²) in [7, 11) is 0. The van der Waals surface area contributed by atoms with Gasteiger partial charge in [0.15, 0.2) is 0 Å². The van der Waals surface area contributed by atoms with E-state index in [1.165, 1.54) is 24.3 Å². The quantitative estimate of drug-likeness (QED) is 0.270. The van der Waals surface area contributed by atoms with Crippen LogP contribution in [-0.2, 0) is 21.9 Å². The van der Waals surface area contributed by atoms with E-state index in [2.05, 4.69) is 10.3 Å². The summed E-state index contributed by atoms with van der Waals surface area (Å²) in [4.78, 5) is 28.3. The monoisotopic (exact) mass is 602 g/mol. The fourth-order valence-corrected chi connectivity index (χ4v) is 5.46. The number of benzene rings is 2. The van der Waals surface area contributed by atoms with E-state index >= 15 is 0 Å². The fourth-order valence-electron chi connectivity index (χ4n) is 3.28. The summed E-state index contributed by atoms with van der Waals surface area (Å²) in [6.07, 6.45) is -9.33. The van der Waals surface area contributed by atoms with Gasteiger partial charge in [0.1, 0.15) is 22.1 Å². The summed E-state index contributed by atoms with van der Waals surface area (Å²) in [6, 6.07) is 10.1. The van der Waals surface area contributed by atoms with E-state index in [4.69, 9.17) is 9.47 Å². The van der Waals surface area contributed by atoms with Crippen LogP contribution in [0.3, 0.4) is 0 Å². The maximum absolute atomic E-state index is 13.2. The van der Waals surface area contributed by atoms with Gasteiger partial charge in [-0.3, -0.25) is 4.79 Å². The van der Waals surface area contributed by atoms with E-state index in [0.29, 0.717) is 17.6 Å². The summed E-state index contributed by atoms with van der Waals surface area (Å²) >= 11 is 1.99. The molecule has 4 rings (SSSR count). The summed E-state index contributed by atoms with van der Waals surface area (Å²) in [5.74, 6) is -2.51. The molecule has 15 heteroatoms. The van der Waals surface area contributed by atoms with Gasteiger partial charge >= 0.3 is 18.3 Å². The van der Waals surface area contributed by atoms with Crippen LogP contribution in [0, 0.1) is 0 Å². The summed E-state index contributed by atoms with van der Waals surface area (Å²) in [5.41, 5.74) is -2.18. The molecule has 40 heavy (non-hydrogen) atoms. The van der Waals surface area contributed by atoms with Crippen LogP contribution in [0.1, 0.15) is 11.1 Å². The fraction of sp³-hybridized carbons (Fsp3) is 0.160. The standard InChI is InChI=1S/C25H16F6N2O5S2/c26-24(27,28)13-3-1-5-15(11-13)37-18-8-7-17(32-21(34)19-20(23(35)36)40-10-9-39-19)22(33-18)38-16-6-2-4-14(12-16)25(29,30)31/h1-8,11-12H,9-10H2,(H,32,34)(H,35,36). The van der Waals surface area contributed by atoms with Crippen LogP contribution < -0.4 is 14.8 Å². The smallest absolute Gasteiger partial charge is 0.416 e. The molecule has 7 nitrogen and oxygen atoms in total. The Kier molecular flexibility index (Phi) is 8.54. The molecule has 1 aliphatic heterocycles. The third kappa shape index (κ3) is 7.21. The van der Waals surface area contributed by atoms with E-state index in [1.807, 2.05) is 0 Å². The Morgan fingerprint density at radius 3 is 1.90 bits per heavy atom. The second-order valence-corrected chi connectivity index (χ2v) is 10.1. The predicted molar refractivity (Wildman–Crippen MR) is 135 cm³/mol. The maximum atomic E-state index is 13.2. The Labute approximate surface area is 230 Å². The van der Waals surface area contributed by atoms with Crippen molar-refractivity contribution in [3.8, 4) is 23.3 Å². The zero-order valence-electron chi connectivity index (χ0n) is 19.8. The lowest BCUT2D eigenvalue weighted by Gasteiger charge is -2.18. The van der Waals surface area contributed by atoms with Crippen LogP contribution in [0.5, 0.6) is 23.3 Å². The molecular formula is C25H16F6N2O5S2. The summed E-state index contributed by atoms with van der Waals surface area (Å²) in [6.45, 7) is 0. The molecule has 0 spiro atoms. The Balaban J connectivity index is 1.69. The Hall–Kier alpha value is -3.85. The first kappa shape index (κ1) is 29.1. The van der Waals surface area contributed by atoms with Crippen molar-refractivity contribution in [1.29, 1.82) is 0 Å². The number of nitrogens with zero attached hydrogens (tertiary/aromatic N) is 1. The minimum atomic E-state index is -4.69. The van der Waals surface area contributed by atoms with E-state index < -0.39 is 41.2 Å². The first-order valence-electron chi connectivity index (χ1n) is 11.1. The third-order valence-corrected chi connectivity index (χ3v) is 7.58. The highest BCUT2D eigenvalue weighted by atomic mass is 32.2. The highest BCUT2D eigenvalue weighted by Gasteiger charge is 2.32. The molecule has 0 bridgehead atoms. The number of pyridine rings is 1. The van der Waals surface area contributed by atoms with Crippen LogP contribution in [0.2, 0.25) is 0 Å². The lowest BCUT2D eigenvalue weighted by atomic mass is 10.2. The highest BCUT2D eigenvalue weighted by Crippen LogP contribution is 2.38. The van der Waals surface area contributed by atoms with Crippen molar-refractivity contribution in [3.05, 3.63) is 81.6 Å². The number of aromatic nitrogens is 1. The van der Waals surface area contributed by atoms with Gasteiger partial charge in [0, 0.05) is 17.6 Å². The highest BCUT2D eigenvalue weighted by molar-refractivity contribution is 8.11. The number of carboxylic acid groups (broad SMARTS) is 1. The van der Waals surface area contributed by atoms with Gasteiger partial charge in [-0.25, -0.2) is 4.79 Å². The van der Waals surface area contributed by atoms with Crippen molar-refractivity contribution in [1.82, 2.24) is 4.98 Å². The van der Waals surface area contributed by atoms with Gasteiger partial charge in [-0.1, -0.05) is 12.1 Å². The van der Waals surface area contributed by atoms with E-state index in [1.54, 1.807) is 0 Å². The van der Waals surface area contributed by atoms with Gasteiger partial charge in [0.05, 0.1) is 16.0 Å². The van der Waals surface area contributed by atoms with Crippen molar-refractivity contribution in [2.45, 2.75) is 12.4 Å². The van der Waals surface area contributed by atoms with Gasteiger partial charge in [0.25, 0.3) is 5.91 Å². The van der Waals surface area contributed by atoms with Crippen molar-refractivity contribution in [2.24, 2.45) is 0 Å². The molecular weight excluding hydrogens is 586 g/mol. The molecule has 210 valence electrons. The zero-order chi connectivity index (χ0) is 29.1. The van der Waals surface area contributed by atoms with Crippen molar-refractivity contribution in [3.63, 3.8) is 0 Å². The van der Waals surface area contributed by atoms with E-state index in [9.17, 15) is 41.0 Å². The second kappa shape index (κ2) is 11.7. The molecule has 2 aromatic carbocycles.